The lowest BCUT2D eigenvalue weighted by molar-refractivity contribution is -0.137. The average Bonchev–Trinajstić information content (AvgIpc) is 3.28. The van der Waals surface area contributed by atoms with E-state index in [-0.39, 0.29) is 17.6 Å². The van der Waals surface area contributed by atoms with Gasteiger partial charge in [-0.05, 0) is 55.7 Å². The summed E-state index contributed by atoms with van der Waals surface area (Å²) in [6.07, 6.45) is 5.88. The maximum Gasteiger partial charge on any atom is 0.416 e. The van der Waals surface area contributed by atoms with Gasteiger partial charge in [0.05, 0.1) is 17.2 Å². The van der Waals surface area contributed by atoms with Gasteiger partial charge >= 0.3 is 6.18 Å². The van der Waals surface area contributed by atoms with Gasteiger partial charge in [-0.3, -0.25) is 9.59 Å². The zero-order valence-electron chi connectivity index (χ0n) is 19.9. The van der Waals surface area contributed by atoms with Gasteiger partial charge in [-0.1, -0.05) is 31.7 Å². The van der Waals surface area contributed by atoms with Crippen molar-refractivity contribution in [1.29, 1.82) is 0 Å². The summed E-state index contributed by atoms with van der Waals surface area (Å²) in [6, 6.07) is 4.30. The zero-order valence-corrected chi connectivity index (χ0v) is 20.7. The molecule has 0 saturated carbocycles. The molecule has 4 rings (SSSR count). The van der Waals surface area contributed by atoms with E-state index in [9.17, 15) is 22.8 Å². The number of rotatable bonds is 5. The first-order valence-electron chi connectivity index (χ1n) is 11.5. The number of anilines is 1. The lowest BCUT2D eigenvalue weighted by Gasteiger charge is -2.36. The molecular weight excluding hydrogens is 487 g/mol. The van der Waals surface area contributed by atoms with E-state index in [0.717, 1.165) is 22.6 Å². The van der Waals surface area contributed by atoms with Crippen molar-refractivity contribution in [3.05, 3.63) is 99.7 Å². The Labute approximate surface area is 211 Å². The number of benzene rings is 1. The quantitative estimate of drug-likeness (QED) is 0.455. The number of thiophene rings is 1. The summed E-state index contributed by atoms with van der Waals surface area (Å²) < 4.78 is 39.1. The van der Waals surface area contributed by atoms with Gasteiger partial charge in [0.15, 0.2) is 0 Å². The molecule has 2 aliphatic heterocycles. The Kier molecular flexibility index (Phi) is 7.21. The molecule has 1 unspecified atom stereocenters. The minimum absolute atomic E-state index is 0.0775. The van der Waals surface area contributed by atoms with Crippen molar-refractivity contribution >= 4 is 28.8 Å². The third-order valence-corrected chi connectivity index (χ3v) is 7.34. The van der Waals surface area contributed by atoms with Gasteiger partial charge in [0.2, 0.25) is 0 Å². The standard InChI is InChI=1S/C27H26F3N3O2S/c1-4-8-23(32-13-6-5-9-17(32)2)26(35)33-14-12-21-22(16-36-24(21)18(33)3)25(34)31-20-11-7-10-19(15-20)27(28,29)30/h5-11,13,15-16,18H,2,4,12,14H2,1,3H3,(H,31,34)/b23-8-. The Morgan fingerprint density at radius 3 is 2.75 bits per heavy atom. The number of fused-ring (bicyclic) bond motifs is 1. The highest BCUT2D eigenvalue weighted by Crippen LogP contribution is 2.38. The van der Waals surface area contributed by atoms with Crippen LogP contribution in [0.4, 0.5) is 18.9 Å². The molecule has 0 fully saturated rings. The highest BCUT2D eigenvalue weighted by atomic mass is 32.1. The van der Waals surface area contributed by atoms with E-state index in [1.807, 2.05) is 44.4 Å². The third kappa shape index (κ3) is 5.02. The van der Waals surface area contributed by atoms with Crippen LogP contribution in [0.3, 0.4) is 0 Å². The summed E-state index contributed by atoms with van der Waals surface area (Å²) in [5, 5.41) is 4.30. The van der Waals surface area contributed by atoms with E-state index in [1.54, 1.807) is 15.2 Å². The number of alkyl halides is 3. The molecule has 0 spiro atoms. The molecule has 1 aromatic heterocycles. The van der Waals surface area contributed by atoms with Gasteiger partial charge in [0, 0.05) is 34.4 Å². The highest BCUT2D eigenvalue weighted by Gasteiger charge is 2.35. The van der Waals surface area contributed by atoms with Crippen LogP contribution in [0.2, 0.25) is 0 Å². The first-order chi connectivity index (χ1) is 17.1. The summed E-state index contributed by atoms with van der Waals surface area (Å²) in [7, 11) is 0. The molecule has 1 N–H and O–H groups in total. The summed E-state index contributed by atoms with van der Waals surface area (Å²) in [5.41, 5.74) is 1.72. The molecule has 1 atom stereocenters. The molecule has 36 heavy (non-hydrogen) atoms. The Hall–Kier alpha value is -3.59. The molecule has 3 heterocycles. The van der Waals surface area contributed by atoms with Gasteiger partial charge < -0.3 is 15.1 Å². The Morgan fingerprint density at radius 1 is 1.28 bits per heavy atom. The summed E-state index contributed by atoms with van der Waals surface area (Å²) in [4.78, 5) is 31.0. The first-order valence-corrected chi connectivity index (χ1v) is 12.4. The smallest absolute Gasteiger partial charge is 0.329 e. The van der Waals surface area contributed by atoms with Gasteiger partial charge in [0.1, 0.15) is 5.70 Å². The number of hydrogen-bond donors (Lipinski definition) is 1. The molecule has 9 heteroatoms. The number of allylic oxidation sites excluding steroid dienone is 4. The molecule has 1 aromatic carbocycles. The number of nitrogens with zero attached hydrogens (tertiary/aromatic N) is 2. The Bertz CT molecular complexity index is 1290. The predicted molar refractivity (Wildman–Crippen MR) is 135 cm³/mol. The van der Waals surface area contributed by atoms with E-state index in [0.29, 0.717) is 36.3 Å². The second-order valence-corrected chi connectivity index (χ2v) is 9.42. The number of hydrogen-bond acceptors (Lipinski definition) is 4. The first kappa shape index (κ1) is 25.5. The largest absolute Gasteiger partial charge is 0.416 e. The number of nitrogens with one attached hydrogen (secondary N) is 1. The van der Waals surface area contributed by atoms with E-state index in [1.165, 1.54) is 23.5 Å². The van der Waals surface area contributed by atoms with Crippen LogP contribution in [0.1, 0.15) is 52.7 Å². The Morgan fingerprint density at radius 2 is 2.06 bits per heavy atom. The second kappa shape index (κ2) is 10.2. The fourth-order valence-electron chi connectivity index (χ4n) is 4.36. The molecule has 188 valence electrons. The molecule has 0 aliphatic carbocycles. The van der Waals surface area contributed by atoms with Crippen LogP contribution in [-0.2, 0) is 17.4 Å². The molecule has 2 aliphatic rings. The van der Waals surface area contributed by atoms with Crippen molar-refractivity contribution in [1.82, 2.24) is 9.80 Å². The predicted octanol–water partition coefficient (Wildman–Crippen LogP) is 6.66. The summed E-state index contributed by atoms with van der Waals surface area (Å²) >= 11 is 1.38. The number of carbonyl (C=O) groups excluding carboxylic acids is 2. The van der Waals surface area contributed by atoms with Gasteiger partial charge in [-0.25, -0.2) is 0 Å². The zero-order chi connectivity index (χ0) is 26.0. The van der Waals surface area contributed by atoms with E-state index in [2.05, 4.69) is 11.9 Å². The SMILES string of the molecule is C=C1C=CC=CN1/C(=C\CC)C(=O)N1CCc2c(C(=O)Nc3cccc(C(F)(F)F)c3)csc2C1C. The maximum absolute atomic E-state index is 13.6. The van der Waals surface area contributed by atoms with Crippen molar-refractivity contribution in [2.45, 2.75) is 38.9 Å². The monoisotopic (exact) mass is 513 g/mol. The Balaban J connectivity index is 1.54. The molecule has 0 radical (unpaired) electrons. The van der Waals surface area contributed by atoms with Crippen molar-refractivity contribution < 1.29 is 22.8 Å². The molecule has 0 saturated heterocycles. The fraction of sp³-hybridized carbons (Fsp3) is 0.259. The van der Waals surface area contributed by atoms with Gasteiger partial charge in [-0.15, -0.1) is 11.3 Å². The maximum atomic E-state index is 13.6. The van der Waals surface area contributed by atoms with Crippen LogP contribution >= 0.6 is 11.3 Å². The van der Waals surface area contributed by atoms with Gasteiger partial charge in [0.25, 0.3) is 11.8 Å². The van der Waals surface area contributed by atoms with Crippen LogP contribution < -0.4 is 5.32 Å². The van der Waals surface area contributed by atoms with Crippen molar-refractivity contribution in [3.8, 4) is 0 Å². The normalized spacial score (nSPS) is 17.9. The topological polar surface area (TPSA) is 52.7 Å². The summed E-state index contributed by atoms with van der Waals surface area (Å²) in [5.74, 6) is -0.591. The minimum Gasteiger partial charge on any atom is -0.329 e. The van der Waals surface area contributed by atoms with Crippen molar-refractivity contribution in [3.63, 3.8) is 0 Å². The molecule has 0 bridgehead atoms. The molecular formula is C27H26F3N3O2S. The van der Waals surface area contributed by atoms with Crippen LogP contribution in [0.25, 0.3) is 0 Å². The van der Waals surface area contributed by atoms with Crippen LogP contribution in [0.5, 0.6) is 0 Å². The van der Waals surface area contributed by atoms with E-state index >= 15 is 0 Å². The van der Waals surface area contributed by atoms with Crippen LogP contribution in [0.15, 0.2) is 78.1 Å². The lowest BCUT2D eigenvalue weighted by atomic mass is 9.97. The molecule has 2 aromatic rings. The van der Waals surface area contributed by atoms with Crippen LogP contribution in [-0.4, -0.2) is 28.2 Å². The summed E-state index contributed by atoms with van der Waals surface area (Å²) in [6.45, 7) is 8.33. The van der Waals surface area contributed by atoms with Crippen molar-refractivity contribution in [2.75, 3.05) is 11.9 Å². The average molecular weight is 514 g/mol. The molecule has 5 nitrogen and oxygen atoms in total. The van der Waals surface area contributed by atoms with E-state index < -0.39 is 17.6 Å². The number of amides is 2. The molecule has 2 amide bonds. The fourth-order valence-corrected chi connectivity index (χ4v) is 5.53. The van der Waals surface area contributed by atoms with E-state index in [4.69, 9.17) is 0 Å². The highest BCUT2D eigenvalue weighted by molar-refractivity contribution is 7.10. The number of halogens is 3. The van der Waals surface area contributed by atoms with Crippen LogP contribution in [0, 0.1) is 0 Å². The third-order valence-electron chi connectivity index (χ3n) is 6.15. The minimum atomic E-state index is -4.49. The lowest BCUT2D eigenvalue weighted by Crippen LogP contribution is -2.42. The van der Waals surface area contributed by atoms with Gasteiger partial charge in [-0.2, -0.15) is 13.2 Å². The second-order valence-electron chi connectivity index (χ2n) is 8.51. The number of carbonyl (C=O) groups is 2. The van der Waals surface area contributed by atoms with Crippen molar-refractivity contribution in [2.24, 2.45) is 0 Å².